The zero-order valence-corrected chi connectivity index (χ0v) is 9.34. The molecule has 2 aromatic rings. The van der Waals surface area contributed by atoms with Gasteiger partial charge in [0, 0.05) is 23.1 Å². The number of anilines is 1. The molecule has 1 heterocycles. The van der Waals surface area contributed by atoms with Crippen molar-refractivity contribution in [3.63, 3.8) is 0 Å². The van der Waals surface area contributed by atoms with Crippen molar-refractivity contribution < 1.29 is 4.79 Å². The number of benzene rings is 1. The van der Waals surface area contributed by atoms with Crippen LogP contribution in [0.5, 0.6) is 0 Å². The predicted molar refractivity (Wildman–Crippen MR) is 64.9 cm³/mol. The van der Waals surface area contributed by atoms with Crippen molar-refractivity contribution in [2.45, 2.75) is 6.92 Å². The van der Waals surface area contributed by atoms with Crippen LogP contribution in [0.3, 0.4) is 0 Å². The Labute approximate surface area is 98.9 Å². The molecule has 1 aromatic carbocycles. The fourth-order valence-corrected chi connectivity index (χ4v) is 1.70. The van der Waals surface area contributed by atoms with Gasteiger partial charge in [-0.25, -0.2) is 0 Å². The Kier molecular flexibility index (Phi) is 2.67. The van der Waals surface area contributed by atoms with E-state index in [0.29, 0.717) is 16.9 Å². The number of aromatic nitrogens is 1. The van der Waals surface area contributed by atoms with Crippen LogP contribution in [0.15, 0.2) is 36.5 Å². The predicted octanol–water partition coefficient (Wildman–Crippen LogP) is 2.13. The van der Waals surface area contributed by atoms with Crippen LogP contribution < -0.4 is 5.73 Å². The highest BCUT2D eigenvalue weighted by molar-refractivity contribution is 5.99. The summed E-state index contributed by atoms with van der Waals surface area (Å²) in [5.74, 6) is -0.0880. The first kappa shape index (κ1) is 11.0. The zero-order valence-electron chi connectivity index (χ0n) is 9.34. The first-order valence-electron chi connectivity index (χ1n) is 5.12. The average molecular weight is 225 g/mol. The van der Waals surface area contributed by atoms with Gasteiger partial charge in [-0.3, -0.25) is 4.79 Å². The molecule has 0 radical (unpaired) electrons. The average Bonchev–Trinajstić information content (AvgIpc) is 2.77. The van der Waals surface area contributed by atoms with Gasteiger partial charge in [0.25, 0.3) is 0 Å². The molecule has 0 aliphatic rings. The number of rotatable bonds is 2. The maximum atomic E-state index is 11.4. The quantitative estimate of drug-likeness (QED) is 0.628. The zero-order chi connectivity index (χ0) is 12.4. The molecular formula is C13H11N3O. The molecule has 0 spiro atoms. The number of nitrogen functional groups attached to an aromatic ring is 1. The second kappa shape index (κ2) is 4.14. The van der Waals surface area contributed by atoms with Gasteiger partial charge in [0.1, 0.15) is 11.8 Å². The summed E-state index contributed by atoms with van der Waals surface area (Å²) >= 11 is 0. The third-order valence-electron chi connectivity index (χ3n) is 2.56. The van der Waals surface area contributed by atoms with E-state index < -0.39 is 0 Å². The summed E-state index contributed by atoms with van der Waals surface area (Å²) in [6.45, 7) is 1.47. The van der Waals surface area contributed by atoms with Gasteiger partial charge in [-0.05, 0) is 37.3 Å². The number of hydrogen-bond donors (Lipinski definition) is 1. The Morgan fingerprint density at radius 1 is 1.41 bits per heavy atom. The van der Waals surface area contributed by atoms with Gasteiger partial charge in [0.2, 0.25) is 0 Å². The van der Waals surface area contributed by atoms with Gasteiger partial charge in [-0.2, -0.15) is 5.26 Å². The Morgan fingerprint density at radius 3 is 2.82 bits per heavy atom. The van der Waals surface area contributed by atoms with Crippen molar-refractivity contribution in [2.24, 2.45) is 0 Å². The molecule has 0 bridgehead atoms. The number of Topliss-reactive ketones (excluding diaryl/α,β-unsaturated/α-hetero) is 1. The molecule has 0 fully saturated rings. The Balaban J connectivity index is 2.59. The van der Waals surface area contributed by atoms with E-state index in [1.54, 1.807) is 41.1 Å². The van der Waals surface area contributed by atoms with E-state index in [1.807, 2.05) is 0 Å². The van der Waals surface area contributed by atoms with Crippen molar-refractivity contribution >= 4 is 11.5 Å². The lowest BCUT2D eigenvalue weighted by Crippen LogP contribution is -2.03. The molecule has 1 aromatic heterocycles. The highest BCUT2D eigenvalue weighted by atomic mass is 16.1. The normalized spacial score (nSPS) is 9.88. The molecule has 0 atom stereocenters. The van der Waals surface area contributed by atoms with E-state index in [9.17, 15) is 4.79 Å². The lowest BCUT2D eigenvalue weighted by Gasteiger charge is -2.08. The highest BCUT2D eigenvalue weighted by Gasteiger charge is 2.08. The van der Waals surface area contributed by atoms with Gasteiger partial charge < -0.3 is 10.3 Å². The van der Waals surface area contributed by atoms with Gasteiger partial charge in [-0.15, -0.1) is 0 Å². The minimum absolute atomic E-state index is 0.0880. The van der Waals surface area contributed by atoms with Gasteiger partial charge in [-0.1, -0.05) is 0 Å². The molecular weight excluding hydrogens is 214 g/mol. The fourth-order valence-electron chi connectivity index (χ4n) is 1.70. The van der Waals surface area contributed by atoms with Crippen LogP contribution in [-0.2, 0) is 0 Å². The van der Waals surface area contributed by atoms with E-state index >= 15 is 0 Å². The fraction of sp³-hybridized carbons (Fsp3) is 0.0769. The van der Waals surface area contributed by atoms with Crippen LogP contribution >= 0.6 is 0 Å². The Hall–Kier alpha value is -2.54. The van der Waals surface area contributed by atoms with E-state index in [1.165, 1.54) is 6.92 Å². The van der Waals surface area contributed by atoms with E-state index in [2.05, 4.69) is 6.07 Å². The van der Waals surface area contributed by atoms with Crippen LogP contribution in [0.4, 0.5) is 5.69 Å². The van der Waals surface area contributed by atoms with E-state index in [4.69, 9.17) is 11.0 Å². The van der Waals surface area contributed by atoms with Crippen LogP contribution in [0.1, 0.15) is 23.0 Å². The number of ketones is 1. The first-order chi connectivity index (χ1) is 8.13. The molecule has 4 nitrogen and oxygen atoms in total. The largest absolute Gasteiger partial charge is 0.398 e. The number of nitrogens with zero attached hydrogens (tertiary/aromatic N) is 2. The van der Waals surface area contributed by atoms with Crippen LogP contribution in [-0.4, -0.2) is 10.4 Å². The Bertz CT molecular complexity index is 620. The van der Waals surface area contributed by atoms with E-state index in [-0.39, 0.29) is 5.78 Å². The number of carbonyl (C=O) groups excluding carboxylic acids is 1. The molecule has 2 N–H and O–H groups in total. The lowest BCUT2D eigenvalue weighted by atomic mass is 10.1. The van der Waals surface area contributed by atoms with Crippen molar-refractivity contribution in [2.75, 3.05) is 5.73 Å². The maximum absolute atomic E-state index is 11.4. The number of nitrogens with two attached hydrogens (primary N) is 1. The third kappa shape index (κ3) is 1.91. The molecule has 0 saturated carbocycles. The lowest BCUT2D eigenvalue weighted by molar-refractivity contribution is 0.101. The number of nitriles is 1. The summed E-state index contributed by atoms with van der Waals surface area (Å²) in [5, 5.41) is 8.94. The molecule has 0 unspecified atom stereocenters. The summed E-state index contributed by atoms with van der Waals surface area (Å²) in [5.41, 5.74) is 7.92. The smallest absolute Gasteiger partial charge is 0.161 e. The Morgan fingerprint density at radius 2 is 2.18 bits per heavy atom. The van der Waals surface area contributed by atoms with Gasteiger partial charge >= 0.3 is 0 Å². The van der Waals surface area contributed by atoms with Gasteiger partial charge in [0.05, 0.1) is 0 Å². The summed E-state index contributed by atoms with van der Waals surface area (Å²) in [6.07, 6.45) is 1.77. The standard InChI is InChI=1S/C13H11N3O/c1-9(17)12-7-10(4-5-13(12)15)16-6-2-3-11(16)8-14/h2-7H,15H2,1H3. The summed E-state index contributed by atoms with van der Waals surface area (Å²) < 4.78 is 1.71. The van der Waals surface area contributed by atoms with Crippen LogP contribution in [0.25, 0.3) is 5.69 Å². The molecule has 4 heteroatoms. The molecule has 0 aliphatic carbocycles. The SMILES string of the molecule is CC(=O)c1cc(-n2cccc2C#N)ccc1N. The van der Waals surface area contributed by atoms with Crippen molar-refractivity contribution in [3.8, 4) is 11.8 Å². The summed E-state index contributed by atoms with van der Waals surface area (Å²) in [7, 11) is 0. The second-order valence-corrected chi connectivity index (χ2v) is 3.70. The molecule has 2 rings (SSSR count). The first-order valence-corrected chi connectivity index (χ1v) is 5.12. The van der Waals surface area contributed by atoms with Crippen LogP contribution in [0, 0.1) is 11.3 Å². The number of carbonyl (C=O) groups is 1. The topological polar surface area (TPSA) is 71.8 Å². The van der Waals surface area contributed by atoms with E-state index in [0.717, 1.165) is 5.69 Å². The van der Waals surface area contributed by atoms with Crippen molar-refractivity contribution in [1.29, 1.82) is 5.26 Å². The highest BCUT2D eigenvalue weighted by Crippen LogP contribution is 2.19. The van der Waals surface area contributed by atoms with Crippen LogP contribution in [0.2, 0.25) is 0 Å². The summed E-state index contributed by atoms with van der Waals surface area (Å²) in [4.78, 5) is 11.4. The number of hydrogen-bond acceptors (Lipinski definition) is 3. The monoisotopic (exact) mass is 225 g/mol. The molecule has 0 amide bonds. The minimum Gasteiger partial charge on any atom is -0.398 e. The van der Waals surface area contributed by atoms with Crippen molar-refractivity contribution in [1.82, 2.24) is 4.57 Å². The maximum Gasteiger partial charge on any atom is 0.161 e. The van der Waals surface area contributed by atoms with Crippen molar-refractivity contribution in [3.05, 3.63) is 47.8 Å². The molecule has 17 heavy (non-hydrogen) atoms. The second-order valence-electron chi connectivity index (χ2n) is 3.70. The summed E-state index contributed by atoms with van der Waals surface area (Å²) in [6, 6.07) is 10.7. The molecule has 0 saturated heterocycles. The van der Waals surface area contributed by atoms with Gasteiger partial charge in [0.15, 0.2) is 5.78 Å². The third-order valence-corrected chi connectivity index (χ3v) is 2.56. The molecule has 0 aliphatic heterocycles. The molecule has 84 valence electrons. The minimum atomic E-state index is -0.0880.